The van der Waals surface area contributed by atoms with Gasteiger partial charge >= 0.3 is 5.97 Å². The summed E-state index contributed by atoms with van der Waals surface area (Å²) in [5.41, 5.74) is 0. The quantitative estimate of drug-likeness (QED) is 0.754. The van der Waals surface area contributed by atoms with E-state index in [0.29, 0.717) is 6.61 Å². The fourth-order valence-electron chi connectivity index (χ4n) is 2.53. The van der Waals surface area contributed by atoms with Crippen molar-refractivity contribution in [2.24, 2.45) is 5.92 Å². The van der Waals surface area contributed by atoms with Crippen LogP contribution in [0.1, 0.15) is 39.5 Å². The van der Waals surface area contributed by atoms with Gasteiger partial charge in [0.05, 0.1) is 11.5 Å². The van der Waals surface area contributed by atoms with Gasteiger partial charge in [-0.25, -0.2) is 0 Å². The van der Waals surface area contributed by atoms with Gasteiger partial charge in [-0.05, 0) is 38.5 Å². The van der Waals surface area contributed by atoms with Crippen LogP contribution in [0.4, 0.5) is 0 Å². The van der Waals surface area contributed by atoms with Gasteiger partial charge in [0.1, 0.15) is 6.04 Å². The molecular weight excluding hydrogens is 222 g/mol. The van der Waals surface area contributed by atoms with Gasteiger partial charge in [-0.3, -0.25) is 10.1 Å². The molecule has 0 bridgehead atoms. The number of esters is 1. The first-order chi connectivity index (χ1) is 7.65. The van der Waals surface area contributed by atoms with E-state index in [1.165, 1.54) is 25.7 Å². The smallest absolute Gasteiger partial charge is 0.324 e. The monoisotopic (exact) mass is 243 g/mol. The minimum absolute atomic E-state index is 0.0782. The van der Waals surface area contributed by atoms with Crippen molar-refractivity contribution in [3.8, 4) is 0 Å². The van der Waals surface area contributed by atoms with E-state index in [4.69, 9.17) is 4.74 Å². The Morgan fingerprint density at radius 1 is 1.50 bits per heavy atom. The van der Waals surface area contributed by atoms with Gasteiger partial charge in [-0.1, -0.05) is 6.92 Å². The number of thioether (sulfide) groups is 1. The summed E-state index contributed by atoms with van der Waals surface area (Å²) in [6, 6.07) is -0.0849. The summed E-state index contributed by atoms with van der Waals surface area (Å²) in [6.45, 7) is 4.65. The third-order valence-electron chi connectivity index (χ3n) is 3.62. The summed E-state index contributed by atoms with van der Waals surface area (Å²) in [6.07, 6.45) is 4.93. The molecule has 0 aromatic heterocycles. The van der Waals surface area contributed by atoms with Crippen LogP contribution >= 0.6 is 11.8 Å². The number of rotatable bonds is 2. The fourth-order valence-corrected chi connectivity index (χ4v) is 3.99. The lowest BCUT2D eigenvalue weighted by atomic mass is 9.86. The maximum atomic E-state index is 11.6. The normalized spacial score (nSPS) is 38.9. The molecular formula is C12H21NO2S. The third-order valence-corrected chi connectivity index (χ3v) is 5.20. The van der Waals surface area contributed by atoms with Crippen molar-refractivity contribution >= 4 is 17.7 Å². The first-order valence-corrected chi connectivity index (χ1v) is 7.22. The Kier molecular flexibility index (Phi) is 3.80. The highest BCUT2D eigenvalue weighted by Crippen LogP contribution is 2.43. The average Bonchev–Trinajstić information content (AvgIpc) is 2.68. The largest absolute Gasteiger partial charge is 0.465 e. The molecule has 0 amide bonds. The summed E-state index contributed by atoms with van der Waals surface area (Å²) < 4.78 is 5.07. The van der Waals surface area contributed by atoms with E-state index in [2.05, 4.69) is 12.2 Å². The summed E-state index contributed by atoms with van der Waals surface area (Å²) in [5.74, 6) is 1.63. The van der Waals surface area contributed by atoms with E-state index < -0.39 is 0 Å². The Morgan fingerprint density at radius 2 is 2.19 bits per heavy atom. The molecule has 1 aliphatic heterocycles. The molecule has 1 atom stereocenters. The van der Waals surface area contributed by atoms with Crippen molar-refractivity contribution in [2.75, 3.05) is 12.4 Å². The Labute approximate surface area is 102 Å². The van der Waals surface area contributed by atoms with Crippen LogP contribution in [-0.2, 0) is 9.53 Å². The minimum Gasteiger partial charge on any atom is -0.465 e. The van der Waals surface area contributed by atoms with Crippen LogP contribution in [0.3, 0.4) is 0 Å². The van der Waals surface area contributed by atoms with Crippen LogP contribution in [0.25, 0.3) is 0 Å². The van der Waals surface area contributed by atoms with Crippen molar-refractivity contribution in [1.29, 1.82) is 0 Å². The van der Waals surface area contributed by atoms with Crippen molar-refractivity contribution in [3.05, 3.63) is 0 Å². The molecule has 1 heterocycles. The van der Waals surface area contributed by atoms with Gasteiger partial charge in [0.15, 0.2) is 0 Å². The molecule has 1 saturated heterocycles. The summed E-state index contributed by atoms with van der Waals surface area (Å²) in [5, 5.41) is 3.50. The van der Waals surface area contributed by atoms with Crippen LogP contribution in [-0.4, -0.2) is 29.2 Å². The molecule has 2 fully saturated rings. The summed E-state index contributed by atoms with van der Waals surface area (Å²) in [7, 11) is 0. The molecule has 0 radical (unpaired) electrons. The molecule has 92 valence electrons. The molecule has 1 spiro atoms. The highest BCUT2D eigenvalue weighted by molar-refractivity contribution is 8.00. The Hall–Kier alpha value is -0.220. The Balaban J connectivity index is 1.89. The van der Waals surface area contributed by atoms with Crippen molar-refractivity contribution in [2.45, 2.75) is 50.4 Å². The second-order valence-corrected chi connectivity index (χ2v) is 6.34. The maximum absolute atomic E-state index is 11.6. The molecule has 1 N–H and O–H groups in total. The van der Waals surface area contributed by atoms with Gasteiger partial charge in [0.2, 0.25) is 0 Å². The van der Waals surface area contributed by atoms with Gasteiger partial charge in [0.25, 0.3) is 0 Å². The number of nitrogens with one attached hydrogen (secondary N) is 1. The number of hydrogen-bond acceptors (Lipinski definition) is 4. The number of hydrogen-bond donors (Lipinski definition) is 1. The number of ether oxygens (including phenoxy) is 1. The topological polar surface area (TPSA) is 38.3 Å². The lowest BCUT2D eigenvalue weighted by Gasteiger charge is -2.35. The molecule has 0 aromatic rings. The number of carbonyl (C=O) groups is 1. The molecule has 3 nitrogen and oxygen atoms in total. The van der Waals surface area contributed by atoms with Gasteiger partial charge < -0.3 is 4.74 Å². The molecule has 1 saturated carbocycles. The third kappa shape index (κ3) is 2.54. The first kappa shape index (κ1) is 12.2. The molecule has 2 aliphatic rings. The highest BCUT2D eigenvalue weighted by Gasteiger charge is 2.43. The lowest BCUT2D eigenvalue weighted by Crippen LogP contribution is -2.47. The fraction of sp³-hybridized carbons (Fsp3) is 0.917. The second-order valence-electron chi connectivity index (χ2n) is 4.94. The van der Waals surface area contributed by atoms with Crippen molar-refractivity contribution < 1.29 is 9.53 Å². The number of carbonyl (C=O) groups excluding carboxylic acids is 1. The van der Waals surface area contributed by atoms with Crippen LogP contribution in [0, 0.1) is 5.92 Å². The van der Waals surface area contributed by atoms with Gasteiger partial charge in [-0.15, -0.1) is 11.8 Å². The summed E-state index contributed by atoms with van der Waals surface area (Å²) in [4.78, 5) is 11.8. The molecule has 1 aliphatic carbocycles. The van der Waals surface area contributed by atoms with E-state index in [9.17, 15) is 4.79 Å². The average molecular weight is 243 g/mol. The van der Waals surface area contributed by atoms with Crippen molar-refractivity contribution in [1.82, 2.24) is 5.32 Å². The zero-order chi connectivity index (χ0) is 11.6. The lowest BCUT2D eigenvalue weighted by molar-refractivity contribution is -0.145. The summed E-state index contributed by atoms with van der Waals surface area (Å²) >= 11 is 1.92. The van der Waals surface area contributed by atoms with Gasteiger partial charge in [-0.2, -0.15) is 0 Å². The minimum atomic E-state index is -0.0849. The molecule has 16 heavy (non-hydrogen) atoms. The van der Waals surface area contributed by atoms with Crippen LogP contribution < -0.4 is 5.32 Å². The van der Waals surface area contributed by atoms with E-state index in [0.717, 1.165) is 11.7 Å². The highest BCUT2D eigenvalue weighted by atomic mass is 32.2. The van der Waals surface area contributed by atoms with E-state index in [1.54, 1.807) is 0 Å². The predicted octanol–water partition coefficient (Wildman–Crippen LogP) is 2.16. The Bertz CT molecular complexity index is 262. The molecule has 2 rings (SSSR count). The first-order valence-electron chi connectivity index (χ1n) is 6.23. The molecule has 4 heteroatoms. The van der Waals surface area contributed by atoms with E-state index in [-0.39, 0.29) is 16.9 Å². The van der Waals surface area contributed by atoms with E-state index >= 15 is 0 Å². The second kappa shape index (κ2) is 4.96. The van der Waals surface area contributed by atoms with Crippen LogP contribution in [0.5, 0.6) is 0 Å². The van der Waals surface area contributed by atoms with Crippen LogP contribution in [0.2, 0.25) is 0 Å². The molecule has 0 unspecified atom stereocenters. The van der Waals surface area contributed by atoms with Crippen molar-refractivity contribution in [3.63, 3.8) is 0 Å². The zero-order valence-corrected chi connectivity index (χ0v) is 10.9. The standard InChI is InChI=1S/C12H21NO2S/c1-3-15-11(14)10-8-16-12(13-10)6-4-9(2)5-7-12/h9-10,13H,3-8H2,1-2H3/t9?,10-,12?/m0/s1. The maximum Gasteiger partial charge on any atom is 0.324 e. The van der Waals surface area contributed by atoms with Crippen LogP contribution in [0.15, 0.2) is 0 Å². The molecule has 0 aromatic carbocycles. The van der Waals surface area contributed by atoms with Gasteiger partial charge in [0, 0.05) is 5.75 Å². The Morgan fingerprint density at radius 3 is 2.81 bits per heavy atom. The van der Waals surface area contributed by atoms with E-state index in [1.807, 2.05) is 18.7 Å². The predicted molar refractivity (Wildman–Crippen MR) is 66.4 cm³/mol. The SMILES string of the molecule is CCOC(=O)[C@@H]1CSC2(CCC(C)CC2)N1. The zero-order valence-electron chi connectivity index (χ0n) is 10.1.